The van der Waals surface area contributed by atoms with Crippen molar-refractivity contribution in [1.29, 1.82) is 0 Å². The van der Waals surface area contributed by atoms with E-state index >= 15 is 0 Å². The van der Waals surface area contributed by atoms with Crippen molar-refractivity contribution in [3.05, 3.63) is 17.6 Å². The fraction of sp³-hybridized carbons (Fsp3) is 0.643. The highest BCUT2D eigenvalue weighted by atomic mass is 16.5. The van der Waals surface area contributed by atoms with Crippen molar-refractivity contribution in [2.75, 3.05) is 11.9 Å². The molecule has 0 fully saturated rings. The van der Waals surface area contributed by atoms with Gasteiger partial charge in [-0.3, -0.25) is 0 Å². The van der Waals surface area contributed by atoms with Gasteiger partial charge in [-0.05, 0) is 39.5 Å². The van der Waals surface area contributed by atoms with Gasteiger partial charge in [0.25, 0.3) is 0 Å². The van der Waals surface area contributed by atoms with Crippen LogP contribution in [0, 0.1) is 0 Å². The number of fused-ring (bicyclic) bond motifs is 1. The molecule has 1 aromatic rings. The minimum atomic E-state index is -0.387. The zero-order valence-corrected chi connectivity index (χ0v) is 11.6. The van der Waals surface area contributed by atoms with E-state index in [-0.39, 0.29) is 12.0 Å². The number of carbonyl (C=O) groups excluding carboxylic acids is 1. The van der Waals surface area contributed by atoms with Gasteiger partial charge in [-0.15, -0.1) is 0 Å². The van der Waals surface area contributed by atoms with Crippen molar-refractivity contribution in [2.24, 2.45) is 0 Å². The zero-order valence-electron chi connectivity index (χ0n) is 11.6. The molecule has 1 heterocycles. The molecule has 0 saturated carbocycles. The van der Waals surface area contributed by atoms with Gasteiger partial charge in [0.2, 0.25) is 0 Å². The lowest BCUT2D eigenvalue weighted by molar-refractivity contribution is -0.143. The molecule has 5 heteroatoms. The molecule has 0 aliphatic heterocycles. The summed E-state index contributed by atoms with van der Waals surface area (Å²) in [6, 6.07) is -0.387. The molecule has 0 radical (unpaired) electrons. The second-order valence-electron chi connectivity index (χ2n) is 4.83. The Bertz CT molecular complexity index is 448. The Morgan fingerprint density at radius 3 is 2.95 bits per heavy atom. The molecule has 104 valence electrons. The highest BCUT2D eigenvalue weighted by Gasteiger charge is 2.19. The largest absolute Gasteiger partial charge is 0.464 e. The second kappa shape index (κ2) is 6.50. The molecule has 0 amide bonds. The van der Waals surface area contributed by atoms with E-state index in [1.807, 2.05) is 0 Å². The van der Waals surface area contributed by atoms with Gasteiger partial charge in [-0.2, -0.15) is 0 Å². The summed E-state index contributed by atoms with van der Waals surface area (Å²) >= 11 is 0. The van der Waals surface area contributed by atoms with Crippen LogP contribution in [0.1, 0.15) is 44.4 Å². The first-order valence-corrected chi connectivity index (χ1v) is 6.98. The number of nitrogens with zero attached hydrogens (tertiary/aromatic N) is 2. The van der Waals surface area contributed by atoms with E-state index in [0.717, 1.165) is 36.3 Å². The molecule has 1 N–H and O–H groups in total. The maximum Gasteiger partial charge on any atom is 0.328 e. The van der Waals surface area contributed by atoms with Crippen LogP contribution in [0.2, 0.25) is 0 Å². The smallest absolute Gasteiger partial charge is 0.328 e. The number of hydrogen-bond donors (Lipinski definition) is 1. The number of rotatable bonds is 4. The fourth-order valence-corrected chi connectivity index (χ4v) is 2.35. The molecule has 5 nitrogen and oxygen atoms in total. The Morgan fingerprint density at radius 2 is 2.16 bits per heavy atom. The normalized spacial score (nSPS) is 16.1. The predicted octanol–water partition coefficient (Wildman–Crippen LogP) is 2.11. The Kier molecular flexibility index (Phi) is 4.71. The zero-order chi connectivity index (χ0) is 13.7. The minimum Gasteiger partial charge on any atom is -0.464 e. The van der Waals surface area contributed by atoms with Gasteiger partial charge in [-0.1, -0.05) is 6.42 Å². The van der Waals surface area contributed by atoms with Crippen molar-refractivity contribution in [2.45, 2.75) is 52.0 Å². The molecule has 1 unspecified atom stereocenters. The van der Waals surface area contributed by atoms with Crippen LogP contribution in [0.4, 0.5) is 5.82 Å². The molecule has 1 aromatic heterocycles. The summed E-state index contributed by atoms with van der Waals surface area (Å²) in [4.78, 5) is 20.3. The van der Waals surface area contributed by atoms with Gasteiger partial charge in [0.05, 0.1) is 6.61 Å². The monoisotopic (exact) mass is 263 g/mol. The Balaban J connectivity index is 2.14. The number of aromatic nitrogens is 2. The van der Waals surface area contributed by atoms with Crippen LogP contribution in [0.5, 0.6) is 0 Å². The van der Waals surface area contributed by atoms with Gasteiger partial charge >= 0.3 is 5.97 Å². The van der Waals surface area contributed by atoms with Crippen molar-refractivity contribution in [3.8, 4) is 0 Å². The summed E-state index contributed by atoms with van der Waals surface area (Å²) < 4.78 is 5.00. The molecular formula is C14H21N3O2. The third-order valence-corrected chi connectivity index (χ3v) is 3.37. The van der Waals surface area contributed by atoms with Gasteiger partial charge in [0, 0.05) is 11.3 Å². The van der Waals surface area contributed by atoms with Crippen molar-refractivity contribution in [3.63, 3.8) is 0 Å². The average molecular weight is 263 g/mol. The van der Waals surface area contributed by atoms with Gasteiger partial charge < -0.3 is 10.1 Å². The number of esters is 1. The third kappa shape index (κ3) is 3.43. The topological polar surface area (TPSA) is 64.1 Å². The van der Waals surface area contributed by atoms with Crippen LogP contribution in [0.3, 0.4) is 0 Å². The SMILES string of the molecule is CCOC(=O)C(C)Nc1ncnc2c1CCCCC2. The van der Waals surface area contributed by atoms with Crippen molar-refractivity contribution >= 4 is 11.8 Å². The van der Waals surface area contributed by atoms with Gasteiger partial charge in [-0.25, -0.2) is 14.8 Å². The number of nitrogens with one attached hydrogen (secondary N) is 1. The van der Waals surface area contributed by atoms with E-state index in [1.165, 1.54) is 12.8 Å². The highest BCUT2D eigenvalue weighted by molar-refractivity contribution is 5.78. The molecule has 0 aromatic carbocycles. The molecule has 1 aliphatic rings. The summed E-state index contributed by atoms with van der Waals surface area (Å²) in [5.41, 5.74) is 2.28. The summed E-state index contributed by atoms with van der Waals surface area (Å²) in [6.45, 7) is 4.00. The first-order chi connectivity index (χ1) is 9.22. The van der Waals surface area contributed by atoms with Crippen molar-refractivity contribution < 1.29 is 9.53 Å². The first kappa shape index (κ1) is 13.8. The number of hydrogen-bond acceptors (Lipinski definition) is 5. The fourth-order valence-electron chi connectivity index (χ4n) is 2.35. The minimum absolute atomic E-state index is 0.247. The van der Waals surface area contributed by atoms with Crippen LogP contribution < -0.4 is 5.32 Å². The molecule has 0 bridgehead atoms. The molecule has 0 saturated heterocycles. The lowest BCUT2D eigenvalue weighted by Gasteiger charge is -2.16. The van der Waals surface area contributed by atoms with Crippen LogP contribution in [0.15, 0.2) is 6.33 Å². The molecule has 0 spiro atoms. The summed E-state index contributed by atoms with van der Waals surface area (Å²) in [7, 11) is 0. The van der Waals surface area contributed by atoms with E-state index in [2.05, 4.69) is 15.3 Å². The van der Waals surface area contributed by atoms with Crippen LogP contribution in [-0.4, -0.2) is 28.6 Å². The first-order valence-electron chi connectivity index (χ1n) is 6.98. The number of ether oxygens (including phenoxy) is 1. The maximum atomic E-state index is 11.7. The molecule has 2 rings (SSSR count). The van der Waals surface area contributed by atoms with E-state index < -0.39 is 0 Å². The molecule has 1 atom stereocenters. The van der Waals surface area contributed by atoms with Crippen molar-refractivity contribution in [1.82, 2.24) is 9.97 Å². The highest BCUT2D eigenvalue weighted by Crippen LogP contribution is 2.24. The van der Waals surface area contributed by atoms with Gasteiger partial charge in [0.15, 0.2) is 0 Å². The Morgan fingerprint density at radius 1 is 1.37 bits per heavy atom. The molecule has 19 heavy (non-hydrogen) atoms. The number of aryl methyl sites for hydroxylation is 1. The Labute approximate surface area is 113 Å². The van der Waals surface area contributed by atoms with E-state index in [0.29, 0.717) is 6.61 Å². The van der Waals surface area contributed by atoms with Crippen LogP contribution in [-0.2, 0) is 22.4 Å². The van der Waals surface area contributed by atoms with E-state index in [4.69, 9.17) is 4.74 Å². The standard InChI is InChI=1S/C14H21N3O2/c1-3-19-14(18)10(2)17-13-11-7-5-4-6-8-12(11)15-9-16-13/h9-10H,3-8H2,1-2H3,(H,15,16,17). The Hall–Kier alpha value is -1.65. The quantitative estimate of drug-likeness (QED) is 0.666. The number of carbonyl (C=O) groups is 1. The van der Waals surface area contributed by atoms with Crippen LogP contribution in [0.25, 0.3) is 0 Å². The summed E-state index contributed by atoms with van der Waals surface area (Å²) in [6.07, 6.45) is 7.11. The van der Waals surface area contributed by atoms with E-state index in [9.17, 15) is 4.79 Å². The third-order valence-electron chi connectivity index (χ3n) is 3.37. The average Bonchev–Trinajstić information content (AvgIpc) is 2.65. The predicted molar refractivity (Wildman–Crippen MR) is 73.0 cm³/mol. The molecule has 1 aliphatic carbocycles. The lowest BCUT2D eigenvalue weighted by Crippen LogP contribution is -2.29. The van der Waals surface area contributed by atoms with Gasteiger partial charge in [0.1, 0.15) is 18.2 Å². The number of anilines is 1. The van der Waals surface area contributed by atoms with Crippen LogP contribution >= 0.6 is 0 Å². The van der Waals surface area contributed by atoms with E-state index in [1.54, 1.807) is 20.2 Å². The lowest BCUT2D eigenvalue weighted by atomic mass is 10.1. The summed E-state index contributed by atoms with van der Waals surface area (Å²) in [5, 5.41) is 3.16. The molecular weight excluding hydrogens is 242 g/mol. The summed E-state index contributed by atoms with van der Waals surface area (Å²) in [5.74, 6) is 0.538. The maximum absolute atomic E-state index is 11.7. The second-order valence-corrected chi connectivity index (χ2v) is 4.83.